The molecule has 16 heavy (non-hydrogen) atoms. The molecule has 0 radical (unpaired) electrons. The minimum Gasteiger partial charge on any atom is -0.389 e. The van der Waals surface area contributed by atoms with Gasteiger partial charge in [-0.3, -0.25) is 0 Å². The molecule has 1 fully saturated rings. The van der Waals surface area contributed by atoms with Crippen molar-refractivity contribution in [2.24, 2.45) is 5.41 Å². The number of hydrogen-bond donors (Lipinski definition) is 2. The zero-order valence-corrected chi connectivity index (χ0v) is 11.0. The number of rotatable bonds is 6. The SMILES string of the molecule is COCC(O)CNC1CC(C)(OC)C1(C)C. The summed E-state index contributed by atoms with van der Waals surface area (Å²) in [4.78, 5) is 0. The van der Waals surface area contributed by atoms with Crippen LogP contribution < -0.4 is 5.32 Å². The molecular weight excluding hydrogens is 206 g/mol. The summed E-state index contributed by atoms with van der Waals surface area (Å²) in [6.07, 6.45) is 0.547. The van der Waals surface area contributed by atoms with Gasteiger partial charge in [-0.05, 0) is 13.3 Å². The second-order valence-electron chi connectivity index (χ2n) is 5.43. The zero-order valence-electron chi connectivity index (χ0n) is 11.0. The van der Waals surface area contributed by atoms with Crippen molar-refractivity contribution in [1.29, 1.82) is 0 Å². The topological polar surface area (TPSA) is 50.7 Å². The van der Waals surface area contributed by atoms with E-state index in [9.17, 15) is 5.11 Å². The lowest BCUT2D eigenvalue weighted by molar-refractivity contribution is -0.181. The van der Waals surface area contributed by atoms with Gasteiger partial charge in [-0.2, -0.15) is 0 Å². The first-order valence-electron chi connectivity index (χ1n) is 5.83. The molecule has 0 heterocycles. The summed E-state index contributed by atoms with van der Waals surface area (Å²) in [5.41, 5.74) is 0.0332. The summed E-state index contributed by atoms with van der Waals surface area (Å²) in [6, 6.07) is 0.393. The zero-order chi connectivity index (χ0) is 12.4. The highest BCUT2D eigenvalue weighted by atomic mass is 16.5. The van der Waals surface area contributed by atoms with Crippen LogP contribution in [-0.2, 0) is 9.47 Å². The van der Waals surface area contributed by atoms with Crippen molar-refractivity contribution in [1.82, 2.24) is 5.32 Å². The molecule has 4 heteroatoms. The van der Waals surface area contributed by atoms with Crippen LogP contribution in [0.1, 0.15) is 27.2 Å². The molecule has 0 bridgehead atoms. The number of nitrogens with one attached hydrogen (secondary N) is 1. The van der Waals surface area contributed by atoms with Crippen LogP contribution in [0, 0.1) is 5.41 Å². The summed E-state index contributed by atoms with van der Waals surface area (Å²) in [5, 5.41) is 12.9. The summed E-state index contributed by atoms with van der Waals surface area (Å²) in [6.45, 7) is 7.47. The first kappa shape index (κ1) is 13.9. The average Bonchev–Trinajstić information content (AvgIpc) is 2.23. The number of aliphatic hydroxyl groups excluding tert-OH is 1. The van der Waals surface area contributed by atoms with Crippen molar-refractivity contribution in [2.45, 2.75) is 44.9 Å². The number of methoxy groups -OCH3 is 2. The largest absolute Gasteiger partial charge is 0.389 e. The molecule has 96 valence electrons. The maximum Gasteiger partial charge on any atom is 0.0897 e. The van der Waals surface area contributed by atoms with Crippen LogP contribution in [0.5, 0.6) is 0 Å². The molecule has 0 spiro atoms. The Balaban J connectivity index is 2.37. The fraction of sp³-hybridized carbons (Fsp3) is 1.00. The molecule has 2 N–H and O–H groups in total. The van der Waals surface area contributed by atoms with E-state index in [4.69, 9.17) is 9.47 Å². The van der Waals surface area contributed by atoms with Crippen LogP contribution in [0.25, 0.3) is 0 Å². The quantitative estimate of drug-likeness (QED) is 0.709. The molecule has 4 nitrogen and oxygen atoms in total. The normalized spacial score (nSPS) is 34.5. The Bertz CT molecular complexity index is 232. The molecule has 3 unspecified atom stereocenters. The van der Waals surface area contributed by atoms with E-state index in [1.807, 2.05) is 0 Å². The standard InChI is InChI=1S/C12H25NO3/c1-11(2)10(6-12(11,3)16-5)13-7-9(14)8-15-4/h9-10,13-14H,6-8H2,1-5H3. The van der Waals surface area contributed by atoms with Crippen molar-refractivity contribution in [2.75, 3.05) is 27.4 Å². The number of ether oxygens (including phenoxy) is 2. The van der Waals surface area contributed by atoms with E-state index in [0.29, 0.717) is 19.2 Å². The Morgan fingerprint density at radius 1 is 1.38 bits per heavy atom. The van der Waals surface area contributed by atoms with Crippen LogP contribution >= 0.6 is 0 Å². The first-order chi connectivity index (χ1) is 7.37. The molecule has 0 amide bonds. The van der Waals surface area contributed by atoms with Crippen molar-refractivity contribution >= 4 is 0 Å². The summed E-state index contributed by atoms with van der Waals surface area (Å²) in [7, 11) is 3.36. The van der Waals surface area contributed by atoms with Gasteiger partial charge in [0.25, 0.3) is 0 Å². The second-order valence-corrected chi connectivity index (χ2v) is 5.43. The Labute approximate surface area is 98.3 Å². The lowest BCUT2D eigenvalue weighted by Crippen LogP contribution is -2.68. The van der Waals surface area contributed by atoms with E-state index in [-0.39, 0.29) is 11.0 Å². The van der Waals surface area contributed by atoms with Crippen LogP contribution in [-0.4, -0.2) is 50.2 Å². The molecule has 1 saturated carbocycles. The fourth-order valence-electron chi connectivity index (χ4n) is 2.35. The van der Waals surface area contributed by atoms with Gasteiger partial charge in [0.05, 0.1) is 18.3 Å². The minimum absolute atomic E-state index is 0.0587. The second kappa shape index (κ2) is 5.00. The van der Waals surface area contributed by atoms with Gasteiger partial charge in [0, 0.05) is 32.2 Å². The van der Waals surface area contributed by atoms with E-state index < -0.39 is 6.10 Å². The third-order valence-electron chi connectivity index (χ3n) is 4.24. The highest BCUT2D eigenvalue weighted by molar-refractivity contribution is 5.11. The molecule has 1 aliphatic carbocycles. The van der Waals surface area contributed by atoms with Gasteiger partial charge in [0.15, 0.2) is 0 Å². The first-order valence-corrected chi connectivity index (χ1v) is 5.83. The maximum absolute atomic E-state index is 9.56. The number of aliphatic hydroxyl groups is 1. The average molecular weight is 231 g/mol. The highest BCUT2D eigenvalue weighted by Gasteiger charge is 2.57. The van der Waals surface area contributed by atoms with Crippen LogP contribution in [0.3, 0.4) is 0 Å². The molecular formula is C12H25NO3. The van der Waals surface area contributed by atoms with E-state index >= 15 is 0 Å². The van der Waals surface area contributed by atoms with E-state index in [2.05, 4.69) is 26.1 Å². The van der Waals surface area contributed by atoms with Crippen LogP contribution in [0.2, 0.25) is 0 Å². The molecule has 0 saturated heterocycles. The third kappa shape index (κ3) is 2.40. The lowest BCUT2D eigenvalue weighted by atomic mass is 9.56. The lowest BCUT2D eigenvalue weighted by Gasteiger charge is -2.59. The molecule has 1 aliphatic rings. The maximum atomic E-state index is 9.56. The smallest absolute Gasteiger partial charge is 0.0897 e. The summed E-state index contributed by atoms with van der Waals surface area (Å²) < 4.78 is 10.4. The Morgan fingerprint density at radius 3 is 2.44 bits per heavy atom. The highest BCUT2D eigenvalue weighted by Crippen LogP contribution is 2.51. The molecule has 3 atom stereocenters. The Morgan fingerprint density at radius 2 is 2.00 bits per heavy atom. The molecule has 0 aromatic heterocycles. The number of hydrogen-bond acceptors (Lipinski definition) is 4. The Hall–Kier alpha value is -0.160. The van der Waals surface area contributed by atoms with Gasteiger partial charge in [-0.25, -0.2) is 0 Å². The van der Waals surface area contributed by atoms with Gasteiger partial charge < -0.3 is 19.9 Å². The van der Waals surface area contributed by atoms with Gasteiger partial charge in [0.2, 0.25) is 0 Å². The third-order valence-corrected chi connectivity index (χ3v) is 4.24. The summed E-state index contributed by atoms with van der Waals surface area (Å²) >= 11 is 0. The van der Waals surface area contributed by atoms with E-state index in [1.165, 1.54) is 0 Å². The van der Waals surface area contributed by atoms with Crippen molar-refractivity contribution in [3.63, 3.8) is 0 Å². The van der Waals surface area contributed by atoms with Crippen LogP contribution in [0.4, 0.5) is 0 Å². The molecule has 0 aromatic rings. The van der Waals surface area contributed by atoms with Crippen molar-refractivity contribution < 1.29 is 14.6 Å². The van der Waals surface area contributed by atoms with Crippen LogP contribution in [0.15, 0.2) is 0 Å². The minimum atomic E-state index is -0.435. The predicted molar refractivity (Wildman–Crippen MR) is 63.5 cm³/mol. The Kier molecular flexibility index (Phi) is 4.35. The van der Waals surface area contributed by atoms with Gasteiger partial charge >= 0.3 is 0 Å². The summed E-state index contributed by atoms with van der Waals surface area (Å²) in [5.74, 6) is 0. The van der Waals surface area contributed by atoms with Crippen molar-refractivity contribution in [3.05, 3.63) is 0 Å². The monoisotopic (exact) mass is 231 g/mol. The van der Waals surface area contributed by atoms with Gasteiger partial charge in [-0.15, -0.1) is 0 Å². The fourth-order valence-corrected chi connectivity index (χ4v) is 2.35. The van der Waals surface area contributed by atoms with Gasteiger partial charge in [-0.1, -0.05) is 13.8 Å². The molecule has 0 aliphatic heterocycles. The van der Waals surface area contributed by atoms with Crippen molar-refractivity contribution in [3.8, 4) is 0 Å². The molecule has 1 rings (SSSR count). The van der Waals surface area contributed by atoms with Gasteiger partial charge in [0.1, 0.15) is 0 Å². The van der Waals surface area contributed by atoms with E-state index in [1.54, 1.807) is 14.2 Å². The predicted octanol–water partition coefficient (Wildman–Crippen LogP) is 0.787. The molecule has 0 aromatic carbocycles. The van der Waals surface area contributed by atoms with E-state index in [0.717, 1.165) is 6.42 Å².